The van der Waals surface area contributed by atoms with Crippen molar-refractivity contribution in [2.45, 2.75) is 38.9 Å². The van der Waals surface area contributed by atoms with E-state index in [9.17, 15) is 8.78 Å². The maximum atomic E-state index is 12.5. The van der Waals surface area contributed by atoms with Crippen LogP contribution >= 0.6 is 24.0 Å². The minimum Gasteiger partial charge on any atom is -0.493 e. The molecule has 0 spiro atoms. The van der Waals surface area contributed by atoms with E-state index in [1.807, 2.05) is 13.0 Å². The Labute approximate surface area is 176 Å². The molecule has 9 heteroatoms. The van der Waals surface area contributed by atoms with Crippen LogP contribution in [0.3, 0.4) is 0 Å². The highest BCUT2D eigenvalue weighted by molar-refractivity contribution is 14.0. The molecule has 1 aromatic carbocycles. The van der Waals surface area contributed by atoms with Crippen LogP contribution in [0.25, 0.3) is 0 Å². The Balaban J connectivity index is 0.00000364. The number of aliphatic imine (C=N–C) groups is 1. The zero-order chi connectivity index (χ0) is 18.8. The van der Waals surface area contributed by atoms with Gasteiger partial charge in [0.25, 0.3) is 0 Å². The minimum atomic E-state index is -2.89. The zero-order valence-electron chi connectivity index (χ0n) is 15.7. The molecule has 1 aromatic rings. The van der Waals surface area contributed by atoms with Crippen LogP contribution in [0.1, 0.15) is 25.3 Å². The summed E-state index contributed by atoms with van der Waals surface area (Å²) in [6, 6.07) is 5.03. The van der Waals surface area contributed by atoms with E-state index >= 15 is 0 Å². The molecule has 2 N–H and O–H groups in total. The average molecular weight is 499 g/mol. The Morgan fingerprint density at radius 3 is 2.78 bits per heavy atom. The van der Waals surface area contributed by atoms with E-state index in [2.05, 4.69) is 20.4 Å². The number of nitrogens with zero attached hydrogens (tertiary/aromatic N) is 1. The van der Waals surface area contributed by atoms with Gasteiger partial charge < -0.3 is 24.8 Å². The van der Waals surface area contributed by atoms with E-state index in [1.165, 1.54) is 7.11 Å². The Morgan fingerprint density at radius 1 is 1.33 bits per heavy atom. The third kappa shape index (κ3) is 8.46. The minimum absolute atomic E-state index is 0. The third-order valence-corrected chi connectivity index (χ3v) is 3.97. The van der Waals surface area contributed by atoms with E-state index in [-0.39, 0.29) is 41.6 Å². The van der Waals surface area contributed by atoms with Gasteiger partial charge in [-0.2, -0.15) is 8.78 Å². The van der Waals surface area contributed by atoms with Crippen LogP contribution in [0.2, 0.25) is 0 Å². The van der Waals surface area contributed by atoms with Gasteiger partial charge in [0.05, 0.1) is 19.8 Å². The van der Waals surface area contributed by atoms with E-state index in [1.54, 1.807) is 12.1 Å². The largest absolute Gasteiger partial charge is 0.493 e. The number of halogens is 3. The first-order valence-corrected chi connectivity index (χ1v) is 8.88. The molecule has 1 saturated heterocycles. The lowest BCUT2D eigenvalue weighted by atomic mass is 10.1. The summed E-state index contributed by atoms with van der Waals surface area (Å²) < 4.78 is 40.1. The molecular formula is C18H28F2IN3O3. The number of nitrogens with one attached hydrogen (secondary N) is 2. The van der Waals surface area contributed by atoms with Gasteiger partial charge >= 0.3 is 6.61 Å². The fourth-order valence-electron chi connectivity index (χ4n) is 2.71. The van der Waals surface area contributed by atoms with Gasteiger partial charge in [-0.1, -0.05) is 6.07 Å². The summed E-state index contributed by atoms with van der Waals surface area (Å²) >= 11 is 0. The normalized spacial score (nSPS) is 16.8. The number of benzene rings is 1. The van der Waals surface area contributed by atoms with Crippen molar-refractivity contribution < 1.29 is 23.0 Å². The van der Waals surface area contributed by atoms with Gasteiger partial charge in [0.1, 0.15) is 0 Å². The predicted molar refractivity (Wildman–Crippen MR) is 112 cm³/mol. The summed E-state index contributed by atoms with van der Waals surface area (Å²) in [5.41, 5.74) is 0.865. The van der Waals surface area contributed by atoms with Crippen molar-refractivity contribution in [1.82, 2.24) is 10.6 Å². The fourth-order valence-corrected chi connectivity index (χ4v) is 2.71. The standard InChI is InChI=1S/C18H27F2N3O3.HI/c1-3-21-18(23-12-14-5-4-10-25-14)22-9-8-13-6-7-15(24-2)16(11-13)26-17(19)20;/h6-7,11,14,17H,3-5,8-10,12H2,1-2H3,(H2,21,22,23);1H. The molecule has 0 amide bonds. The maximum Gasteiger partial charge on any atom is 0.387 e. The Hall–Kier alpha value is -1.36. The molecule has 1 fully saturated rings. The van der Waals surface area contributed by atoms with E-state index in [4.69, 9.17) is 9.47 Å². The molecule has 0 aromatic heterocycles. The second kappa shape index (κ2) is 12.9. The summed E-state index contributed by atoms with van der Waals surface area (Å²) in [7, 11) is 1.42. The maximum absolute atomic E-state index is 12.5. The summed E-state index contributed by atoms with van der Waals surface area (Å²) in [6.07, 6.45) is 2.96. The Morgan fingerprint density at radius 2 is 2.15 bits per heavy atom. The van der Waals surface area contributed by atoms with Crippen molar-refractivity contribution in [3.05, 3.63) is 23.8 Å². The van der Waals surface area contributed by atoms with E-state index in [0.29, 0.717) is 19.5 Å². The highest BCUT2D eigenvalue weighted by atomic mass is 127. The quantitative estimate of drug-likeness (QED) is 0.311. The summed E-state index contributed by atoms with van der Waals surface area (Å²) in [4.78, 5) is 4.54. The van der Waals surface area contributed by atoms with Gasteiger partial charge in [-0.3, -0.25) is 4.99 Å². The SMILES string of the molecule is CCNC(=NCC1CCCO1)NCCc1ccc(OC)c(OC(F)F)c1.I. The molecule has 154 valence electrons. The second-order valence-corrected chi connectivity index (χ2v) is 5.90. The lowest BCUT2D eigenvalue weighted by Gasteiger charge is -2.14. The summed E-state index contributed by atoms with van der Waals surface area (Å²) in [5.74, 6) is 1.05. The lowest BCUT2D eigenvalue weighted by molar-refractivity contribution is -0.0512. The van der Waals surface area contributed by atoms with Crippen molar-refractivity contribution in [1.29, 1.82) is 0 Å². The molecule has 1 aliphatic rings. The predicted octanol–water partition coefficient (Wildman–Crippen LogP) is 3.19. The molecule has 1 heterocycles. The Kier molecular flexibility index (Phi) is 11.3. The van der Waals surface area contributed by atoms with Gasteiger partial charge in [-0.25, -0.2) is 0 Å². The van der Waals surface area contributed by atoms with Gasteiger partial charge in [-0.05, 0) is 43.9 Å². The number of ether oxygens (including phenoxy) is 3. The number of methoxy groups -OCH3 is 1. The summed E-state index contributed by atoms with van der Waals surface area (Å²) in [6.45, 7) is 1.92. The molecule has 0 bridgehead atoms. The van der Waals surface area contributed by atoms with Crippen molar-refractivity contribution in [2.75, 3.05) is 33.4 Å². The number of alkyl halides is 2. The molecule has 6 nitrogen and oxygen atoms in total. The molecule has 1 aliphatic heterocycles. The van der Waals surface area contributed by atoms with Crippen LogP contribution in [-0.4, -0.2) is 52.0 Å². The number of hydrogen-bond acceptors (Lipinski definition) is 4. The molecule has 0 saturated carbocycles. The Bertz CT molecular complexity index is 585. The zero-order valence-corrected chi connectivity index (χ0v) is 18.0. The molecular weight excluding hydrogens is 471 g/mol. The molecule has 0 radical (unpaired) electrons. The van der Waals surface area contributed by atoms with Crippen LogP contribution in [-0.2, 0) is 11.2 Å². The first kappa shape index (κ1) is 23.7. The summed E-state index contributed by atoms with van der Waals surface area (Å²) in [5, 5.41) is 6.43. The molecule has 1 atom stereocenters. The second-order valence-electron chi connectivity index (χ2n) is 5.90. The van der Waals surface area contributed by atoms with Crippen LogP contribution < -0.4 is 20.1 Å². The van der Waals surface area contributed by atoms with Gasteiger partial charge in [0, 0.05) is 19.7 Å². The number of guanidine groups is 1. The van der Waals surface area contributed by atoms with Gasteiger partial charge in [0.2, 0.25) is 0 Å². The number of hydrogen-bond donors (Lipinski definition) is 2. The molecule has 0 aliphatic carbocycles. The molecule has 1 unspecified atom stereocenters. The van der Waals surface area contributed by atoms with E-state index in [0.717, 1.165) is 37.5 Å². The molecule has 2 rings (SSSR count). The number of rotatable bonds is 9. The van der Waals surface area contributed by atoms with Crippen LogP contribution in [0.5, 0.6) is 11.5 Å². The fraction of sp³-hybridized carbons (Fsp3) is 0.611. The van der Waals surface area contributed by atoms with E-state index < -0.39 is 6.61 Å². The molecule has 27 heavy (non-hydrogen) atoms. The van der Waals surface area contributed by atoms with Crippen LogP contribution in [0.4, 0.5) is 8.78 Å². The lowest BCUT2D eigenvalue weighted by Crippen LogP contribution is -2.38. The topological polar surface area (TPSA) is 64.1 Å². The third-order valence-electron chi connectivity index (χ3n) is 3.97. The van der Waals surface area contributed by atoms with Crippen LogP contribution in [0.15, 0.2) is 23.2 Å². The smallest absolute Gasteiger partial charge is 0.387 e. The van der Waals surface area contributed by atoms with Crippen LogP contribution in [0, 0.1) is 0 Å². The van der Waals surface area contributed by atoms with Crippen molar-refractivity contribution >= 4 is 29.9 Å². The van der Waals surface area contributed by atoms with Crippen molar-refractivity contribution in [3.8, 4) is 11.5 Å². The van der Waals surface area contributed by atoms with Crippen molar-refractivity contribution in [2.24, 2.45) is 4.99 Å². The average Bonchev–Trinajstić information content (AvgIpc) is 3.13. The highest BCUT2D eigenvalue weighted by Crippen LogP contribution is 2.29. The van der Waals surface area contributed by atoms with Crippen molar-refractivity contribution in [3.63, 3.8) is 0 Å². The first-order chi connectivity index (χ1) is 12.6. The van der Waals surface area contributed by atoms with Gasteiger partial charge in [0.15, 0.2) is 17.5 Å². The van der Waals surface area contributed by atoms with Gasteiger partial charge in [-0.15, -0.1) is 24.0 Å². The monoisotopic (exact) mass is 499 g/mol. The first-order valence-electron chi connectivity index (χ1n) is 8.88. The highest BCUT2D eigenvalue weighted by Gasteiger charge is 2.15.